The van der Waals surface area contributed by atoms with Crippen molar-refractivity contribution in [2.75, 3.05) is 25.1 Å². The lowest BCUT2D eigenvalue weighted by Gasteiger charge is -2.24. The van der Waals surface area contributed by atoms with Gasteiger partial charge in [-0.3, -0.25) is 9.10 Å². The Kier molecular flexibility index (Phi) is 8.37. The molecular weight excluding hydrogens is 490 g/mol. The van der Waals surface area contributed by atoms with Crippen LogP contribution in [0.5, 0.6) is 11.5 Å². The minimum Gasteiger partial charge on any atom is -0.497 e. The van der Waals surface area contributed by atoms with Crippen LogP contribution in [0.25, 0.3) is 0 Å². The van der Waals surface area contributed by atoms with Crippen molar-refractivity contribution in [3.8, 4) is 11.5 Å². The molecule has 0 spiro atoms. The Morgan fingerprint density at radius 3 is 2.23 bits per heavy atom. The first-order chi connectivity index (χ1) is 16.6. The minimum absolute atomic E-state index is 0.0424. The van der Waals surface area contributed by atoms with Gasteiger partial charge < -0.3 is 9.47 Å². The van der Waals surface area contributed by atoms with Crippen molar-refractivity contribution >= 4 is 38.9 Å². The Morgan fingerprint density at radius 2 is 1.66 bits per heavy atom. The third-order valence-electron chi connectivity index (χ3n) is 5.18. The monoisotopic (exact) mass is 515 g/mol. The fourth-order valence-corrected chi connectivity index (χ4v) is 4.84. The van der Waals surface area contributed by atoms with Gasteiger partial charge in [0.25, 0.3) is 15.9 Å². The molecule has 3 rings (SSSR count). The van der Waals surface area contributed by atoms with E-state index in [1.807, 2.05) is 6.92 Å². The van der Waals surface area contributed by atoms with Gasteiger partial charge in [-0.25, -0.2) is 13.8 Å². The van der Waals surface area contributed by atoms with Gasteiger partial charge in [-0.2, -0.15) is 5.10 Å². The number of ether oxygens (including phenoxy) is 2. The largest absolute Gasteiger partial charge is 0.497 e. The van der Waals surface area contributed by atoms with Crippen molar-refractivity contribution in [2.45, 2.75) is 18.7 Å². The summed E-state index contributed by atoms with van der Waals surface area (Å²) in [4.78, 5) is 12.8. The fraction of sp³-hybridized carbons (Fsp3) is 0.200. The first kappa shape index (κ1) is 26.1. The summed E-state index contributed by atoms with van der Waals surface area (Å²) in [6, 6.07) is 18.0. The lowest BCUT2D eigenvalue weighted by Crippen LogP contribution is -2.39. The normalized spacial score (nSPS) is 11.6. The SMILES string of the molecule is COc1ccc(/C(C)=N\NC(=O)CN(c2ccc(OC)c(Cl)c2)S(=O)(=O)c2ccc(C)cc2)cc1. The van der Waals surface area contributed by atoms with E-state index in [4.69, 9.17) is 21.1 Å². The molecule has 0 aliphatic heterocycles. The van der Waals surface area contributed by atoms with Gasteiger partial charge in [-0.05, 0) is 74.0 Å². The van der Waals surface area contributed by atoms with E-state index >= 15 is 0 Å². The number of sulfonamides is 1. The highest BCUT2D eigenvalue weighted by Gasteiger charge is 2.28. The molecule has 35 heavy (non-hydrogen) atoms. The summed E-state index contributed by atoms with van der Waals surface area (Å²) >= 11 is 6.24. The Hall–Kier alpha value is -3.56. The second-order valence-corrected chi connectivity index (χ2v) is 9.87. The number of benzene rings is 3. The first-order valence-electron chi connectivity index (χ1n) is 10.6. The zero-order valence-electron chi connectivity index (χ0n) is 19.8. The number of nitrogens with one attached hydrogen (secondary N) is 1. The zero-order chi connectivity index (χ0) is 25.6. The predicted molar refractivity (Wildman–Crippen MR) is 137 cm³/mol. The summed E-state index contributed by atoms with van der Waals surface area (Å²) in [5, 5.41) is 4.33. The maximum Gasteiger partial charge on any atom is 0.264 e. The van der Waals surface area contributed by atoms with Crippen molar-refractivity contribution in [3.63, 3.8) is 0 Å². The summed E-state index contributed by atoms with van der Waals surface area (Å²) in [6.07, 6.45) is 0. The van der Waals surface area contributed by atoms with Crippen molar-refractivity contribution < 1.29 is 22.7 Å². The fourth-order valence-electron chi connectivity index (χ4n) is 3.17. The van der Waals surface area contributed by atoms with Crippen LogP contribution in [0, 0.1) is 6.92 Å². The molecule has 0 saturated heterocycles. The standard InChI is InChI=1S/C25H26ClN3O5S/c1-17-5-12-22(13-6-17)35(31,32)29(20-9-14-24(34-4)23(26)15-20)16-25(30)28-27-18(2)19-7-10-21(33-3)11-8-19/h5-15H,16H2,1-4H3,(H,28,30)/b27-18-. The number of amides is 1. The van der Waals surface area contributed by atoms with Crippen LogP contribution in [0.15, 0.2) is 76.7 Å². The van der Waals surface area contributed by atoms with Crippen LogP contribution in [-0.2, 0) is 14.8 Å². The van der Waals surface area contributed by atoms with Gasteiger partial charge in [-0.1, -0.05) is 29.3 Å². The summed E-state index contributed by atoms with van der Waals surface area (Å²) in [6.45, 7) is 3.07. The molecule has 3 aromatic rings. The number of nitrogens with zero attached hydrogens (tertiary/aromatic N) is 2. The van der Waals surface area contributed by atoms with Crippen LogP contribution in [0.1, 0.15) is 18.1 Å². The van der Waals surface area contributed by atoms with Crippen LogP contribution in [0.2, 0.25) is 5.02 Å². The van der Waals surface area contributed by atoms with E-state index in [-0.39, 0.29) is 15.6 Å². The lowest BCUT2D eigenvalue weighted by molar-refractivity contribution is -0.119. The molecule has 0 heterocycles. The highest BCUT2D eigenvalue weighted by atomic mass is 35.5. The van der Waals surface area contributed by atoms with E-state index in [1.54, 1.807) is 56.5 Å². The summed E-state index contributed by atoms with van der Waals surface area (Å²) in [5.41, 5.74) is 4.87. The first-order valence-corrected chi connectivity index (χ1v) is 12.4. The van der Waals surface area contributed by atoms with E-state index in [0.29, 0.717) is 17.2 Å². The van der Waals surface area contributed by atoms with E-state index in [1.165, 1.54) is 31.4 Å². The number of halogens is 1. The molecule has 8 nitrogen and oxygen atoms in total. The average Bonchev–Trinajstić information content (AvgIpc) is 2.86. The number of carbonyl (C=O) groups excluding carboxylic acids is 1. The molecular formula is C25H26ClN3O5S. The quantitative estimate of drug-likeness (QED) is 0.336. The van der Waals surface area contributed by atoms with Crippen LogP contribution >= 0.6 is 11.6 Å². The zero-order valence-corrected chi connectivity index (χ0v) is 21.4. The number of carbonyl (C=O) groups is 1. The predicted octanol–water partition coefficient (Wildman–Crippen LogP) is 4.40. The van der Waals surface area contributed by atoms with Crippen LogP contribution in [0.4, 0.5) is 5.69 Å². The molecule has 1 amide bonds. The van der Waals surface area contributed by atoms with Crippen molar-refractivity contribution in [3.05, 3.63) is 82.9 Å². The number of hydrogen-bond acceptors (Lipinski definition) is 6. The minimum atomic E-state index is -4.09. The van der Waals surface area contributed by atoms with E-state index in [2.05, 4.69) is 10.5 Å². The summed E-state index contributed by atoms with van der Waals surface area (Å²) in [7, 11) is -1.06. The Bertz CT molecular complexity index is 1320. The Balaban J connectivity index is 1.89. The smallest absolute Gasteiger partial charge is 0.264 e. The molecule has 0 atom stereocenters. The molecule has 0 aromatic heterocycles. The third-order valence-corrected chi connectivity index (χ3v) is 7.26. The van der Waals surface area contributed by atoms with Gasteiger partial charge in [0, 0.05) is 0 Å². The molecule has 0 radical (unpaired) electrons. The maximum atomic E-state index is 13.5. The number of anilines is 1. The third kappa shape index (κ3) is 6.32. The van der Waals surface area contributed by atoms with Crippen LogP contribution in [0.3, 0.4) is 0 Å². The molecule has 0 bridgehead atoms. The van der Waals surface area contributed by atoms with Crippen LogP contribution < -0.4 is 19.2 Å². The molecule has 1 N–H and O–H groups in total. The second kappa shape index (κ2) is 11.2. The molecule has 0 aliphatic rings. The van der Waals surface area contributed by atoms with Gasteiger partial charge in [0.2, 0.25) is 0 Å². The van der Waals surface area contributed by atoms with E-state index in [9.17, 15) is 13.2 Å². The molecule has 0 unspecified atom stereocenters. The molecule has 10 heteroatoms. The number of rotatable bonds is 9. The highest BCUT2D eigenvalue weighted by Crippen LogP contribution is 2.32. The Labute approximate surface area is 210 Å². The van der Waals surface area contributed by atoms with Crippen molar-refractivity contribution in [1.82, 2.24) is 5.43 Å². The number of aryl methyl sites for hydroxylation is 1. The highest BCUT2D eigenvalue weighted by molar-refractivity contribution is 7.92. The van der Waals surface area contributed by atoms with Gasteiger partial charge in [-0.15, -0.1) is 0 Å². The van der Waals surface area contributed by atoms with Crippen molar-refractivity contribution in [1.29, 1.82) is 0 Å². The van der Waals surface area contributed by atoms with Crippen molar-refractivity contribution in [2.24, 2.45) is 5.10 Å². The Morgan fingerprint density at radius 1 is 1.00 bits per heavy atom. The number of hydrogen-bond donors (Lipinski definition) is 1. The van der Waals surface area contributed by atoms with E-state index < -0.39 is 22.5 Å². The molecule has 0 saturated carbocycles. The molecule has 184 valence electrons. The second-order valence-electron chi connectivity index (χ2n) is 7.60. The van der Waals surface area contributed by atoms with Crippen LogP contribution in [-0.4, -0.2) is 40.8 Å². The topological polar surface area (TPSA) is 97.3 Å². The average molecular weight is 516 g/mol. The molecule has 3 aromatic carbocycles. The number of hydrazone groups is 1. The van der Waals surface area contributed by atoms with Gasteiger partial charge in [0.15, 0.2) is 0 Å². The molecule has 0 fully saturated rings. The summed E-state index contributed by atoms with van der Waals surface area (Å²) in [5.74, 6) is 0.452. The maximum absolute atomic E-state index is 13.5. The number of methoxy groups -OCH3 is 2. The molecule has 0 aliphatic carbocycles. The van der Waals surface area contributed by atoms with E-state index in [0.717, 1.165) is 15.4 Å². The van der Waals surface area contributed by atoms with Gasteiger partial charge >= 0.3 is 0 Å². The van der Waals surface area contributed by atoms with Gasteiger partial charge in [0.05, 0.1) is 35.5 Å². The lowest BCUT2D eigenvalue weighted by atomic mass is 10.1. The van der Waals surface area contributed by atoms with Gasteiger partial charge in [0.1, 0.15) is 18.0 Å². The summed E-state index contributed by atoms with van der Waals surface area (Å²) < 4.78 is 38.3.